The minimum Gasteiger partial charge on any atom is -0.506 e. The summed E-state index contributed by atoms with van der Waals surface area (Å²) in [5, 5.41) is 11.2. The Morgan fingerprint density at radius 2 is 1.97 bits per heavy atom. The van der Waals surface area contributed by atoms with E-state index in [4.69, 9.17) is 32.2 Å². The fourth-order valence-corrected chi connectivity index (χ4v) is 5.13. The van der Waals surface area contributed by atoms with E-state index in [2.05, 4.69) is 33.5 Å². The number of amides is 1. The first-order valence-corrected chi connectivity index (χ1v) is 13.0. The van der Waals surface area contributed by atoms with Gasteiger partial charge in [0, 0.05) is 0 Å². The van der Waals surface area contributed by atoms with Crippen LogP contribution in [0.3, 0.4) is 0 Å². The molecule has 3 rings (SSSR count). The Hall–Kier alpha value is -2.94. The molecule has 10 heteroatoms. The number of ether oxygens (including phenoxy) is 3. The van der Waals surface area contributed by atoms with Crippen molar-refractivity contribution in [3.63, 3.8) is 0 Å². The number of hydrogen-bond donors (Lipinski definition) is 1. The van der Waals surface area contributed by atoms with Crippen molar-refractivity contribution in [1.29, 1.82) is 0 Å². The maximum absolute atomic E-state index is 12.8. The summed E-state index contributed by atoms with van der Waals surface area (Å²) >= 11 is 9.19. The normalized spacial score (nSPS) is 15.2. The van der Waals surface area contributed by atoms with Crippen LogP contribution in [0.15, 0.2) is 57.6 Å². The van der Waals surface area contributed by atoms with E-state index in [-0.39, 0.29) is 40.2 Å². The highest BCUT2D eigenvalue weighted by Crippen LogP contribution is 2.41. The van der Waals surface area contributed by atoms with Gasteiger partial charge in [-0.15, -0.1) is 6.42 Å². The number of thioether (sulfide) groups is 1. The van der Waals surface area contributed by atoms with Crippen LogP contribution in [0.25, 0.3) is 6.08 Å². The molecule has 0 fully saturated rings. The van der Waals surface area contributed by atoms with Gasteiger partial charge in [0.15, 0.2) is 11.5 Å². The number of carbonyl (C=O) groups excluding carboxylic acids is 2. The van der Waals surface area contributed by atoms with Gasteiger partial charge in [0.2, 0.25) is 0 Å². The van der Waals surface area contributed by atoms with Gasteiger partial charge in [-0.25, -0.2) is 9.79 Å². The van der Waals surface area contributed by atoms with E-state index >= 15 is 0 Å². The lowest BCUT2D eigenvalue weighted by Crippen LogP contribution is -2.14. The summed E-state index contributed by atoms with van der Waals surface area (Å²) in [5.41, 5.74) is 0.639. The summed E-state index contributed by atoms with van der Waals surface area (Å²) in [5.74, 6) is 1.63. The van der Waals surface area contributed by atoms with Crippen molar-refractivity contribution in [2.24, 2.45) is 4.99 Å². The largest absolute Gasteiger partial charge is 0.506 e. The molecule has 0 bridgehead atoms. The monoisotopic (exact) mass is 637 g/mol. The third-order valence-electron chi connectivity index (χ3n) is 4.61. The minimum atomic E-state index is -0.792. The summed E-state index contributed by atoms with van der Waals surface area (Å²) < 4.78 is 17.2. The number of nitrogens with zero attached hydrogens (tertiary/aromatic N) is 1. The first-order valence-electron chi connectivity index (χ1n) is 10.7. The van der Waals surface area contributed by atoms with Gasteiger partial charge in [-0.2, -0.15) is 0 Å². The maximum Gasteiger partial charge on any atom is 0.344 e. The second kappa shape index (κ2) is 12.9. The van der Waals surface area contributed by atoms with Crippen molar-refractivity contribution >= 4 is 68.9 Å². The minimum absolute atomic E-state index is 0.0100. The van der Waals surface area contributed by atoms with Crippen molar-refractivity contribution in [1.82, 2.24) is 0 Å². The van der Waals surface area contributed by atoms with Crippen LogP contribution in [0, 0.1) is 15.9 Å². The third kappa shape index (κ3) is 6.43. The number of esters is 1. The Labute approximate surface area is 231 Å². The second-order valence-corrected chi connectivity index (χ2v) is 9.61. The molecule has 2 aromatic carbocycles. The van der Waals surface area contributed by atoms with Gasteiger partial charge in [-0.3, -0.25) is 4.79 Å². The van der Waals surface area contributed by atoms with Crippen LogP contribution in [0.2, 0.25) is 5.02 Å². The summed E-state index contributed by atoms with van der Waals surface area (Å²) in [7, 11) is 0. The summed E-state index contributed by atoms with van der Waals surface area (Å²) in [4.78, 5) is 29.8. The number of aliphatic hydroxyl groups excluding tert-OH is 1. The molecule has 0 radical (unpaired) electrons. The van der Waals surface area contributed by atoms with Crippen molar-refractivity contribution < 1.29 is 28.9 Å². The first kappa shape index (κ1) is 27.6. The highest BCUT2D eigenvalue weighted by atomic mass is 127. The van der Waals surface area contributed by atoms with Gasteiger partial charge in [0.25, 0.3) is 5.91 Å². The average Bonchev–Trinajstić information content (AvgIpc) is 3.13. The predicted molar refractivity (Wildman–Crippen MR) is 150 cm³/mol. The SMILES string of the molecule is C#CCOc1c(I)cc(C=C2SC(=NC(=O)c3ccccc3Cl)C(C(=O)OCC)=C2O)cc1OCC. The molecule has 0 atom stereocenters. The van der Waals surface area contributed by atoms with E-state index in [1.165, 1.54) is 6.07 Å². The van der Waals surface area contributed by atoms with Crippen molar-refractivity contribution in [2.45, 2.75) is 13.8 Å². The Balaban J connectivity index is 2.06. The number of carbonyl (C=O) groups is 2. The van der Waals surface area contributed by atoms with Gasteiger partial charge in [0.1, 0.15) is 23.0 Å². The molecule has 0 aromatic heterocycles. The fraction of sp³-hybridized carbons (Fsp3) is 0.192. The topological polar surface area (TPSA) is 94.4 Å². The first-order chi connectivity index (χ1) is 17.3. The molecule has 1 heterocycles. The molecule has 0 unspecified atom stereocenters. The molecule has 2 aromatic rings. The van der Waals surface area contributed by atoms with Crippen LogP contribution in [0.4, 0.5) is 0 Å². The standard InChI is InChI=1S/C26H21ClINO6S/c1-4-11-35-23-18(28)12-15(13-19(23)33-5-2)14-20-22(30)21(26(32)34-6-3)25(36-20)29-24(31)16-9-7-8-10-17(16)27/h1,7-10,12-14,30H,5-6,11H2,2-3H3. The van der Waals surface area contributed by atoms with Crippen LogP contribution in [0.5, 0.6) is 11.5 Å². The van der Waals surface area contributed by atoms with Gasteiger partial charge < -0.3 is 19.3 Å². The molecule has 36 heavy (non-hydrogen) atoms. The number of benzene rings is 2. The average molecular weight is 638 g/mol. The molecular weight excluding hydrogens is 617 g/mol. The van der Waals surface area contributed by atoms with E-state index in [0.717, 1.165) is 15.3 Å². The lowest BCUT2D eigenvalue weighted by molar-refractivity contribution is -0.138. The molecule has 186 valence electrons. The highest BCUT2D eigenvalue weighted by molar-refractivity contribution is 14.1. The highest BCUT2D eigenvalue weighted by Gasteiger charge is 2.34. The van der Waals surface area contributed by atoms with Gasteiger partial charge in [-0.05, 0) is 72.3 Å². The molecule has 1 aliphatic heterocycles. The fourth-order valence-electron chi connectivity index (χ4n) is 3.12. The molecular formula is C26H21ClINO6S. The van der Waals surface area contributed by atoms with Gasteiger partial charge >= 0.3 is 5.97 Å². The van der Waals surface area contributed by atoms with E-state index in [9.17, 15) is 14.7 Å². The molecule has 0 aliphatic carbocycles. The number of terminal acetylenes is 1. The van der Waals surface area contributed by atoms with Crippen LogP contribution < -0.4 is 9.47 Å². The Bertz CT molecular complexity index is 1330. The molecule has 1 N–H and O–H groups in total. The van der Waals surface area contributed by atoms with Gasteiger partial charge in [-0.1, -0.05) is 41.4 Å². The molecule has 0 saturated heterocycles. The van der Waals surface area contributed by atoms with Crippen LogP contribution in [-0.2, 0) is 9.53 Å². The zero-order chi connectivity index (χ0) is 26.2. The van der Waals surface area contributed by atoms with E-state index in [0.29, 0.717) is 28.6 Å². The quantitative estimate of drug-likeness (QED) is 0.214. The molecule has 0 saturated carbocycles. The van der Waals surface area contributed by atoms with E-state index in [1.54, 1.807) is 37.3 Å². The van der Waals surface area contributed by atoms with Crippen LogP contribution >= 0.6 is 46.0 Å². The Morgan fingerprint density at radius 3 is 2.64 bits per heavy atom. The summed E-state index contributed by atoms with van der Waals surface area (Å²) in [6.07, 6.45) is 6.96. The smallest absolute Gasteiger partial charge is 0.344 e. The lowest BCUT2D eigenvalue weighted by atomic mass is 10.1. The number of hydrogen-bond acceptors (Lipinski definition) is 7. The molecule has 1 amide bonds. The van der Waals surface area contributed by atoms with Crippen LogP contribution in [0.1, 0.15) is 29.8 Å². The van der Waals surface area contributed by atoms with E-state index < -0.39 is 11.9 Å². The van der Waals surface area contributed by atoms with E-state index in [1.807, 2.05) is 13.0 Å². The summed E-state index contributed by atoms with van der Waals surface area (Å²) in [6.45, 7) is 4.05. The number of halogens is 2. The van der Waals surface area contributed by atoms with Crippen molar-refractivity contribution in [3.8, 4) is 23.8 Å². The predicted octanol–water partition coefficient (Wildman–Crippen LogP) is 6.06. The number of aliphatic imine (C=N–C) groups is 1. The number of rotatable bonds is 8. The third-order valence-corrected chi connectivity index (χ3v) is 6.76. The van der Waals surface area contributed by atoms with Gasteiger partial charge in [0.05, 0.1) is 32.3 Å². The molecule has 0 spiro atoms. The zero-order valence-electron chi connectivity index (χ0n) is 19.3. The zero-order valence-corrected chi connectivity index (χ0v) is 23.1. The molecule has 7 nitrogen and oxygen atoms in total. The lowest BCUT2D eigenvalue weighted by Gasteiger charge is -2.13. The Morgan fingerprint density at radius 1 is 1.22 bits per heavy atom. The maximum atomic E-state index is 12.8. The van der Waals surface area contributed by atoms with Crippen molar-refractivity contribution in [3.05, 3.63) is 72.4 Å². The second-order valence-electron chi connectivity index (χ2n) is 7.01. The summed E-state index contributed by atoms with van der Waals surface area (Å²) in [6, 6.07) is 9.97. The van der Waals surface area contributed by atoms with Crippen molar-refractivity contribution in [2.75, 3.05) is 19.8 Å². The number of aliphatic hydroxyl groups is 1. The molecule has 1 aliphatic rings. The Kier molecular flexibility index (Phi) is 9.87. The van der Waals surface area contributed by atoms with Crippen LogP contribution in [-0.4, -0.2) is 41.8 Å².